The summed E-state index contributed by atoms with van der Waals surface area (Å²) in [6, 6.07) is 11.2. The van der Waals surface area contributed by atoms with E-state index in [9.17, 15) is 9.18 Å². The maximum Gasteiger partial charge on any atom is 0.251 e. The number of carbonyl (C=O) groups is 1. The van der Waals surface area contributed by atoms with Crippen molar-refractivity contribution in [3.8, 4) is 0 Å². The number of aryl methyl sites for hydroxylation is 2. The summed E-state index contributed by atoms with van der Waals surface area (Å²) in [7, 11) is 1.85. The molecule has 1 amide bonds. The second kappa shape index (κ2) is 9.93. The van der Waals surface area contributed by atoms with Gasteiger partial charge in [-0.3, -0.25) is 10.2 Å². The number of nitrogens with zero attached hydrogens (tertiary/aromatic N) is 3. The van der Waals surface area contributed by atoms with Crippen LogP contribution < -0.4 is 15.8 Å². The Balaban J connectivity index is 1.47. The Morgan fingerprint density at radius 1 is 1.22 bits per heavy atom. The molecule has 2 atom stereocenters. The Kier molecular flexibility index (Phi) is 6.71. The lowest BCUT2D eigenvalue weighted by Gasteiger charge is -2.35. The molecular formula is C28H34FN5O2. The number of aromatic nitrogens is 2. The van der Waals surface area contributed by atoms with Crippen molar-refractivity contribution in [2.45, 2.75) is 45.3 Å². The molecule has 1 saturated heterocycles. The quantitative estimate of drug-likeness (QED) is 0.526. The Hall–Kier alpha value is -3.39. The molecule has 1 saturated carbocycles. The van der Waals surface area contributed by atoms with Gasteiger partial charge in [-0.05, 0) is 73.6 Å². The van der Waals surface area contributed by atoms with E-state index in [-0.39, 0.29) is 23.8 Å². The molecule has 1 aliphatic heterocycles. The van der Waals surface area contributed by atoms with Crippen LogP contribution in [0.25, 0.3) is 0 Å². The Morgan fingerprint density at radius 2 is 2.03 bits per heavy atom. The molecule has 2 heterocycles. The third kappa shape index (κ3) is 5.09. The van der Waals surface area contributed by atoms with Crippen LogP contribution in [-0.2, 0) is 18.3 Å². The number of carbonyl (C=O) groups excluding carboxylic acids is 1. The van der Waals surface area contributed by atoms with Crippen LogP contribution in [-0.4, -0.2) is 40.8 Å². The zero-order chi connectivity index (χ0) is 25.4. The molecule has 2 fully saturated rings. The van der Waals surface area contributed by atoms with Gasteiger partial charge in [0.25, 0.3) is 5.91 Å². The van der Waals surface area contributed by atoms with Crippen molar-refractivity contribution in [1.29, 1.82) is 5.41 Å². The van der Waals surface area contributed by atoms with Crippen molar-refractivity contribution in [2.24, 2.45) is 13.0 Å². The lowest BCUT2D eigenvalue weighted by molar-refractivity contribution is 0.0931. The number of imidazole rings is 1. The molecule has 0 radical (unpaired) electrons. The Morgan fingerprint density at radius 3 is 2.69 bits per heavy atom. The first-order valence-corrected chi connectivity index (χ1v) is 12.6. The highest BCUT2D eigenvalue weighted by atomic mass is 19.1. The second-order valence-electron chi connectivity index (χ2n) is 10.2. The van der Waals surface area contributed by atoms with Crippen LogP contribution in [0.3, 0.4) is 0 Å². The van der Waals surface area contributed by atoms with Gasteiger partial charge >= 0.3 is 0 Å². The topological polar surface area (TPSA) is 75.3 Å². The van der Waals surface area contributed by atoms with E-state index >= 15 is 0 Å². The minimum Gasteiger partial charge on any atom is -0.377 e. The van der Waals surface area contributed by atoms with Gasteiger partial charge in [0, 0.05) is 43.3 Å². The number of nitrogens with one attached hydrogen (secondary N) is 2. The number of anilines is 1. The molecule has 5 rings (SSSR count). The van der Waals surface area contributed by atoms with E-state index in [1.807, 2.05) is 42.2 Å². The summed E-state index contributed by atoms with van der Waals surface area (Å²) < 4.78 is 23.1. The largest absolute Gasteiger partial charge is 0.377 e. The minimum absolute atomic E-state index is 0.137. The van der Waals surface area contributed by atoms with Gasteiger partial charge in [-0.15, -0.1) is 0 Å². The van der Waals surface area contributed by atoms with E-state index in [1.165, 1.54) is 6.07 Å². The van der Waals surface area contributed by atoms with E-state index in [0.717, 1.165) is 36.2 Å². The first-order valence-electron chi connectivity index (χ1n) is 12.6. The van der Waals surface area contributed by atoms with E-state index in [2.05, 4.69) is 23.2 Å². The SMILES string of the molecule is Cc1cc(C(NC(=O)c2cc(Cn3ccn(C)c3=N)cc(N3CCOC[C@H]3C)c2)C2CC2)ccc1F. The summed E-state index contributed by atoms with van der Waals surface area (Å²) in [5, 5.41) is 11.6. The van der Waals surface area contributed by atoms with Crippen molar-refractivity contribution in [3.05, 3.63) is 82.5 Å². The van der Waals surface area contributed by atoms with E-state index in [4.69, 9.17) is 10.1 Å². The van der Waals surface area contributed by atoms with E-state index < -0.39 is 0 Å². The zero-order valence-corrected chi connectivity index (χ0v) is 21.1. The van der Waals surface area contributed by atoms with Crippen molar-refractivity contribution in [2.75, 3.05) is 24.7 Å². The summed E-state index contributed by atoms with van der Waals surface area (Å²) >= 11 is 0. The van der Waals surface area contributed by atoms with Crippen molar-refractivity contribution >= 4 is 11.6 Å². The van der Waals surface area contributed by atoms with Gasteiger partial charge in [0.2, 0.25) is 5.62 Å². The van der Waals surface area contributed by atoms with Gasteiger partial charge in [-0.25, -0.2) is 4.39 Å². The van der Waals surface area contributed by atoms with Crippen LogP contribution in [0.2, 0.25) is 0 Å². The van der Waals surface area contributed by atoms with Crippen LogP contribution in [0.5, 0.6) is 0 Å². The van der Waals surface area contributed by atoms with Gasteiger partial charge in [-0.2, -0.15) is 0 Å². The summed E-state index contributed by atoms with van der Waals surface area (Å²) in [6.07, 6.45) is 5.84. The number of ether oxygens (including phenoxy) is 1. The van der Waals surface area contributed by atoms with Crippen molar-refractivity contribution in [3.63, 3.8) is 0 Å². The molecule has 0 spiro atoms. The van der Waals surface area contributed by atoms with Crippen molar-refractivity contribution in [1.82, 2.24) is 14.5 Å². The Bertz CT molecular complexity index is 1330. The maximum atomic E-state index is 13.9. The van der Waals surface area contributed by atoms with Crippen LogP contribution in [0.1, 0.15) is 52.9 Å². The average Bonchev–Trinajstić information content (AvgIpc) is 3.66. The fourth-order valence-corrected chi connectivity index (χ4v) is 5.01. The maximum absolute atomic E-state index is 13.9. The lowest BCUT2D eigenvalue weighted by atomic mass is 9.99. The number of amides is 1. The van der Waals surface area contributed by atoms with Crippen LogP contribution in [0.15, 0.2) is 48.8 Å². The van der Waals surface area contributed by atoms with Gasteiger partial charge in [0.1, 0.15) is 5.82 Å². The third-order valence-corrected chi connectivity index (χ3v) is 7.29. The molecule has 3 aromatic rings. The monoisotopic (exact) mass is 491 g/mol. The molecule has 2 aromatic carbocycles. The van der Waals surface area contributed by atoms with Crippen LogP contribution in [0, 0.1) is 24.1 Å². The normalized spacial score (nSPS) is 18.8. The molecule has 0 bridgehead atoms. The highest BCUT2D eigenvalue weighted by Crippen LogP contribution is 2.41. The minimum atomic E-state index is -0.233. The number of benzene rings is 2. The van der Waals surface area contributed by atoms with Gasteiger partial charge in [-0.1, -0.05) is 12.1 Å². The fourth-order valence-electron chi connectivity index (χ4n) is 5.01. The van der Waals surface area contributed by atoms with Gasteiger partial charge in [0.05, 0.1) is 25.8 Å². The van der Waals surface area contributed by atoms with Crippen LogP contribution in [0.4, 0.5) is 10.1 Å². The summed E-state index contributed by atoms with van der Waals surface area (Å²) in [5.74, 6) is -0.00250. The molecule has 190 valence electrons. The predicted octanol–water partition coefficient (Wildman–Crippen LogP) is 3.91. The number of halogens is 1. The first-order chi connectivity index (χ1) is 17.3. The molecule has 1 aliphatic carbocycles. The zero-order valence-electron chi connectivity index (χ0n) is 21.1. The fraction of sp³-hybridized carbons (Fsp3) is 0.429. The molecule has 7 nitrogen and oxygen atoms in total. The van der Waals surface area contributed by atoms with E-state index in [0.29, 0.717) is 42.4 Å². The number of rotatable bonds is 7. The van der Waals surface area contributed by atoms with Crippen LogP contribution >= 0.6 is 0 Å². The molecule has 36 heavy (non-hydrogen) atoms. The van der Waals surface area contributed by atoms with Gasteiger partial charge in [0.15, 0.2) is 0 Å². The molecule has 2 aliphatic rings. The summed E-state index contributed by atoms with van der Waals surface area (Å²) in [5.41, 5.74) is 4.46. The predicted molar refractivity (Wildman–Crippen MR) is 136 cm³/mol. The molecular weight excluding hydrogens is 457 g/mol. The first kappa shape index (κ1) is 24.3. The molecule has 8 heteroatoms. The van der Waals surface area contributed by atoms with E-state index in [1.54, 1.807) is 17.6 Å². The number of morpholine rings is 1. The smallest absolute Gasteiger partial charge is 0.251 e. The summed E-state index contributed by atoms with van der Waals surface area (Å²) in [6.45, 7) is 6.42. The highest BCUT2D eigenvalue weighted by Gasteiger charge is 2.34. The molecule has 2 N–H and O–H groups in total. The number of hydrogen-bond acceptors (Lipinski definition) is 4. The average molecular weight is 492 g/mol. The van der Waals surface area contributed by atoms with Crippen molar-refractivity contribution < 1.29 is 13.9 Å². The standard InChI is InChI=1S/C28H34FN5O2/c1-18-12-22(6-7-25(18)29)26(21-4-5-21)31-27(35)23-13-20(16-33-9-8-32(3)28(33)30)14-24(15-23)34-10-11-36-17-19(34)2/h6-9,12-15,19,21,26,30H,4-5,10-11,16-17H2,1-3H3,(H,31,35)/t19-,26?/m1/s1. The van der Waals surface area contributed by atoms with Gasteiger partial charge < -0.3 is 24.1 Å². The summed E-state index contributed by atoms with van der Waals surface area (Å²) in [4.78, 5) is 15.9. The highest BCUT2D eigenvalue weighted by molar-refractivity contribution is 5.95. The third-order valence-electron chi connectivity index (χ3n) is 7.29. The number of hydrogen-bond donors (Lipinski definition) is 2. The molecule has 1 unspecified atom stereocenters. The second-order valence-corrected chi connectivity index (χ2v) is 10.2. The molecule has 1 aromatic heterocycles. The Labute approximate surface area is 211 Å². The lowest BCUT2D eigenvalue weighted by Crippen LogP contribution is -2.43.